The largest absolute Gasteiger partial charge is 0.497 e. The second kappa shape index (κ2) is 7.95. The third-order valence-corrected chi connectivity index (χ3v) is 3.69. The second-order valence-corrected chi connectivity index (χ2v) is 5.67. The lowest BCUT2D eigenvalue weighted by atomic mass is 10.2. The number of alkyl halides is 3. The molecule has 0 aliphatic heterocycles. The first-order valence-electron chi connectivity index (χ1n) is 8.07. The fourth-order valence-electron chi connectivity index (χ4n) is 2.30. The molecule has 1 amide bonds. The van der Waals surface area contributed by atoms with E-state index in [2.05, 4.69) is 20.6 Å². The van der Waals surface area contributed by atoms with Gasteiger partial charge in [0, 0.05) is 11.4 Å². The number of halogens is 3. The highest BCUT2D eigenvalue weighted by atomic mass is 19.4. The number of aromatic nitrogens is 2. The smallest absolute Gasteiger partial charge is 0.416 e. The van der Waals surface area contributed by atoms with Gasteiger partial charge in [-0.05, 0) is 42.5 Å². The Morgan fingerprint density at radius 3 is 2.36 bits per heavy atom. The second-order valence-electron chi connectivity index (χ2n) is 5.67. The molecule has 6 nitrogen and oxygen atoms in total. The molecule has 28 heavy (non-hydrogen) atoms. The van der Waals surface area contributed by atoms with Crippen molar-refractivity contribution in [3.8, 4) is 5.75 Å². The molecule has 3 aromatic rings. The molecule has 0 radical (unpaired) electrons. The number of hydrogen-bond acceptors (Lipinski definition) is 5. The van der Waals surface area contributed by atoms with E-state index < -0.39 is 17.6 Å². The predicted octanol–water partition coefficient (Wildman–Crippen LogP) is 4.50. The maximum atomic E-state index is 12.8. The molecule has 0 atom stereocenters. The van der Waals surface area contributed by atoms with Gasteiger partial charge in [-0.2, -0.15) is 13.2 Å². The van der Waals surface area contributed by atoms with Gasteiger partial charge in [-0.15, -0.1) is 0 Å². The van der Waals surface area contributed by atoms with Gasteiger partial charge in [0.15, 0.2) is 0 Å². The molecule has 2 aromatic carbocycles. The lowest BCUT2D eigenvalue weighted by Crippen LogP contribution is -2.14. The van der Waals surface area contributed by atoms with Crippen LogP contribution in [0.1, 0.15) is 16.1 Å². The predicted molar refractivity (Wildman–Crippen MR) is 97.7 cm³/mol. The van der Waals surface area contributed by atoms with Crippen LogP contribution in [-0.4, -0.2) is 23.0 Å². The summed E-state index contributed by atoms with van der Waals surface area (Å²) in [4.78, 5) is 20.2. The first-order valence-corrected chi connectivity index (χ1v) is 8.07. The first kappa shape index (κ1) is 19.2. The molecule has 1 aromatic heterocycles. The Kier molecular flexibility index (Phi) is 5.44. The molecule has 0 saturated carbocycles. The molecule has 0 spiro atoms. The van der Waals surface area contributed by atoms with Crippen molar-refractivity contribution in [2.75, 3.05) is 17.7 Å². The molecular weight excluding hydrogens is 373 g/mol. The average Bonchev–Trinajstić information content (AvgIpc) is 2.69. The summed E-state index contributed by atoms with van der Waals surface area (Å²) in [6, 6.07) is 11.4. The topological polar surface area (TPSA) is 76.1 Å². The Morgan fingerprint density at radius 2 is 1.75 bits per heavy atom. The number of ether oxygens (including phenoxy) is 1. The highest BCUT2D eigenvalue weighted by Crippen LogP contribution is 2.31. The molecule has 0 fully saturated rings. The number of anilines is 3. The number of amides is 1. The molecule has 0 saturated heterocycles. The summed E-state index contributed by atoms with van der Waals surface area (Å²) in [5.41, 5.74) is 0.0460. The van der Waals surface area contributed by atoms with E-state index in [0.717, 1.165) is 12.1 Å². The van der Waals surface area contributed by atoms with Crippen LogP contribution in [0.2, 0.25) is 0 Å². The highest BCUT2D eigenvalue weighted by Gasteiger charge is 2.30. The van der Waals surface area contributed by atoms with Crippen molar-refractivity contribution < 1.29 is 22.7 Å². The van der Waals surface area contributed by atoms with Crippen LogP contribution >= 0.6 is 0 Å². The average molecular weight is 388 g/mol. The van der Waals surface area contributed by atoms with Crippen LogP contribution < -0.4 is 15.4 Å². The van der Waals surface area contributed by atoms with Gasteiger partial charge in [-0.25, -0.2) is 9.97 Å². The van der Waals surface area contributed by atoms with E-state index in [1.807, 2.05) is 0 Å². The molecule has 9 heteroatoms. The van der Waals surface area contributed by atoms with Crippen LogP contribution in [0.15, 0.2) is 60.9 Å². The van der Waals surface area contributed by atoms with E-state index in [-0.39, 0.29) is 17.2 Å². The zero-order valence-electron chi connectivity index (χ0n) is 14.6. The van der Waals surface area contributed by atoms with Crippen LogP contribution in [0, 0.1) is 0 Å². The maximum Gasteiger partial charge on any atom is 0.416 e. The van der Waals surface area contributed by atoms with Crippen molar-refractivity contribution in [2.24, 2.45) is 0 Å². The van der Waals surface area contributed by atoms with Crippen molar-refractivity contribution in [1.29, 1.82) is 0 Å². The van der Waals surface area contributed by atoms with Crippen molar-refractivity contribution in [2.45, 2.75) is 6.18 Å². The number of methoxy groups -OCH3 is 1. The first-order chi connectivity index (χ1) is 13.3. The number of nitrogens with one attached hydrogen (secondary N) is 2. The molecule has 0 unspecified atom stereocenters. The number of benzene rings is 2. The minimum atomic E-state index is -4.44. The summed E-state index contributed by atoms with van der Waals surface area (Å²) < 4.78 is 43.3. The molecule has 0 aliphatic carbocycles. The van der Waals surface area contributed by atoms with Gasteiger partial charge in [0.25, 0.3) is 5.91 Å². The van der Waals surface area contributed by atoms with E-state index in [0.29, 0.717) is 11.4 Å². The number of hydrogen-bond donors (Lipinski definition) is 2. The Balaban J connectivity index is 1.66. The van der Waals surface area contributed by atoms with Gasteiger partial charge in [0.1, 0.15) is 17.3 Å². The fraction of sp³-hybridized carbons (Fsp3) is 0.105. The van der Waals surface area contributed by atoms with Crippen LogP contribution in [0.5, 0.6) is 5.75 Å². The Hall–Kier alpha value is -3.62. The maximum absolute atomic E-state index is 12.8. The molecule has 0 aliphatic rings. The number of rotatable bonds is 5. The van der Waals surface area contributed by atoms with E-state index in [4.69, 9.17) is 4.74 Å². The quantitative estimate of drug-likeness (QED) is 0.673. The van der Waals surface area contributed by atoms with E-state index in [9.17, 15) is 18.0 Å². The summed E-state index contributed by atoms with van der Waals surface area (Å²) in [6.45, 7) is 0. The van der Waals surface area contributed by atoms with Crippen molar-refractivity contribution in [3.63, 3.8) is 0 Å². The minimum absolute atomic E-state index is 0.0606. The van der Waals surface area contributed by atoms with Crippen LogP contribution in [0.4, 0.5) is 30.4 Å². The van der Waals surface area contributed by atoms with Crippen molar-refractivity contribution in [3.05, 3.63) is 72.2 Å². The Labute approximate surface area is 158 Å². The monoisotopic (exact) mass is 388 g/mol. The lowest BCUT2D eigenvalue weighted by molar-refractivity contribution is -0.137. The van der Waals surface area contributed by atoms with Gasteiger partial charge in [-0.3, -0.25) is 4.79 Å². The van der Waals surface area contributed by atoms with Crippen LogP contribution in [0.3, 0.4) is 0 Å². The zero-order valence-corrected chi connectivity index (χ0v) is 14.6. The Morgan fingerprint density at radius 1 is 1.00 bits per heavy atom. The number of carbonyl (C=O) groups is 1. The van der Waals surface area contributed by atoms with Gasteiger partial charge in [0.2, 0.25) is 0 Å². The van der Waals surface area contributed by atoms with E-state index in [1.54, 1.807) is 24.3 Å². The molecule has 2 N–H and O–H groups in total. The summed E-state index contributed by atoms with van der Waals surface area (Å²) in [6.07, 6.45) is -1.94. The van der Waals surface area contributed by atoms with E-state index >= 15 is 0 Å². The zero-order chi connectivity index (χ0) is 20.1. The van der Waals surface area contributed by atoms with Gasteiger partial charge >= 0.3 is 6.18 Å². The van der Waals surface area contributed by atoms with E-state index in [1.165, 1.54) is 31.6 Å². The van der Waals surface area contributed by atoms with Gasteiger partial charge in [-0.1, -0.05) is 6.07 Å². The third-order valence-electron chi connectivity index (χ3n) is 3.69. The number of carbonyl (C=O) groups excluding carboxylic acids is 1. The highest BCUT2D eigenvalue weighted by molar-refractivity contribution is 6.02. The van der Waals surface area contributed by atoms with Gasteiger partial charge in [0.05, 0.1) is 25.1 Å². The molecule has 144 valence electrons. The molecule has 3 rings (SSSR count). The fourth-order valence-corrected chi connectivity index (χ4v) is 2.30. The summed E-state index contributed by atoms with van der Waals surface area (Å²) in [7, 11) is 1.54. The normalized spacial score (nSPS) is 11.0. The lowest BCUT2D eigenvalue weighted by Gasteiger charge is -2.10. The standard InChI is InChI=1S/C19H15F3N4O2/c1-28-15-7-5-13(6-8-15)26-18(27)16-10-24-17(11-23-16)25-14-4-2-3-12(9-14)19(20,21)22/h2-11H,1H3,(H,24,25)(H,26,27). The Bertz CT molecular complexity index is 958. The third kappa shape index (κ3) is 4.76. The molecule has 0 bridgehead atoms. The van der Waals surface area contributed by atoms with Crippen LogP contribution in [-0.2, 0) is 6.18 Å². The molecule has 1 heterocycles. The number of nitrogens with zero attached hydrogens (tertiary/aromatic N) is 2. The van der Waals surface area contributed by atoms with Crippen LogP contribution in [0.25, 0.3) is 0 Å². The minimum Gasteiger partial charge on any atom is -0.497 e. The SMILES string of the molecule is COc1ccc(NC(=O)c2cnc(Nc3cccc(C(F)(F)F)c3)cn2)cc1. The van der Waals surface area contributed by atoms with Crippen molar-refractivity contribution in [1.82, 2.24) is 9.97 Å². The summed E-state index contributed by atoms with van der Waals surface area (Å²) in [5, 5.41) is 5.39. The van der Waals surface area contributed by atoms with Gasteiger partial charge < -0.3 is 15.4 Å². The summed E-state index contributed by atoms with van der Waals surface area (Å²) in [5.74, 6) is 0.395. The molecular formula is C19H15F3N4O2. The van der Waals surface area contributed by atoms with Crippen molar-refractivity contribution >= 4 is 23.1 Å². The summed E-state index contributed by atoms with van der Waals surface area (Å²) >= 11 is 0.